The van der Waals surface area contributed by atoms with Gasteiger partial charge >= 0.3 is 0 Å². The molecule has 1 heterocycles. The van der Waals surface area contributed by atoms with Crippen molar-refractivity contribution in [3.05, 3.63) is 108 Å². The van der Waals surface area contributed by atoms with Gasteiger partial charge in [-0.15, -0.1) is 0 Å². The van der Waals surface area contributed by atoms with E-state index < -0.39 is 41.8 Å². The molecule has 4 aromatic rings. The zero-order chi connectivity index (χ0) is 29.2. The maximum absolute atomic E-state index is 13.7. The normalized spacial score (nSPS) is 13.1. The van der Waals surface area contributed by atoms with Crippen LogP contribution in [0.15, 0.2) is 91.1 Å². The molecule has 10 nitrogen and oxygen atoms in total. The Morgan fingerprint density at radius 1 is 0.683 bits per heavy atom. The lowest BCUT2D eigenvalue weighted by Gasteiger charge is -2.24. The van der Waals surface area contributed by atoms with Crippen LogP contribution >= 0.6 is 0 Å². The second-order valence-corrected chi connectivity index (χ2v) is 9.86. The van der Waals surface area contributed by atoms with Crippen molar-refractivity contribution in [2.45, 2.75) is 37.4 Å². The molecule has 8 N–H and O–H groups in total. The van der Waals surface area contributed by atoms with Crippen LogP contribution in [-0.4, -0.2) is 53.3 Å². The molecule has 4 rings (SSSR count). The number of primary amides is 1. The maximum atomic E-state index is 13.7. The standard InChI is InChI=1S/C31H34N6O4/c32-24(15-20-9-3-1-4-10-20)29(39)36-27(17-22-18-34-25-14-8-7-13-23(22)25)31(41)37-26(30(40)35-19-28(33)38)16-21-11-5-2-6-12-21/h1-14,18,24,26-27,34H,15-17,19,32H2,(H2,33,38)(H,35,40)(H,36,39)(H,37,41)/t24-,26-,27-/m0/s1. The smallest absolute Gasteiger partial charge is 0.243 e. The highest BCUT2D eigenvalue weighted by Crippen LogP contribution is 2.19. The number of rotatable bonds is 13. The molecule has 0 radical (unpaired) electrons. The molecule has 3 atom stereocenters. The van der Waals surface area contributed by atoms with Gasteiger partial charge < -0.3 is 32.4 Å². The van der Waals surface area contributed by atoms with Crippen LogP contribution in [0.5, 0.6) is 0 Å². The zero-order valence-electron chi connectivity index (χ0n) is 22.5. The van der Waals surface area contributed by atoms with Crippen molar-refractivity contribution in [3.8, 4) is 0 Å². The fourth-order valence-electron chi connectivity index (χ4n) is 4.60. The number of hydrogen-bond acceptors (Lipinski definition) is 5. The van der Waals surface area contributed by atoms with Gasteiger partial charge in [-0.1, -0.05) is 78.9 Å². The molecule has 0 aliphatic carbocycles. The number of fused-ring (bicyclic) bond motifs is 1. The van der Waals surface area contributed by atoms with E-state index in [1.807, 2.05) is 84.9 Å². The Balaban J connectivity index is 1.56. The highest BCUT2D eigenvalue weighted by Gasteiger charge is 2.29. The number of aromatic nitrogens is 1. The van der Waals surface area contributed by atoms with Crippen molar-refractivity contribution in [1.29, 1.82) is 0 Å². The van der Waals surface area contributed by atoms with Crippen LogP contribution in [-0.2, 0) is 38.4 Å². The number of aromatic amines is 1. The van der Waals surface area contributed by atoms with Crippen molar-refractivity contribution in [3.63, 3.8) is 0 Å². The van der Waals surface area contributed by atoms with Crippen LogP contribution in [0.2, 0.25) is 0 Å². The van der Waals surface area contributed by atoms with E-state index in [0.29, 0.717) is 6.42 Å². The SMILES string of the molecule is NC(=O)CNC(=O)[C@H](Cc1ccccc1)NC(=O)[C@H](Cc1c[nH]c2ccccc12)NC(=O)[C@@H](N)Cc1ccccc1. The lowest BCUT2D eigenvalue weighted by atomic mass is 10.0. The predicted molar refractivity (Wildman–Crippen MR) is 156 cm³/mol. The molecular weight excluding hydrogens is 520 g/mol. The molecule has 0 aliphatic heterocycles. The Morgan fingerprint density at radius 2 is 1.24 bits per heavy atom. The van der Waals surface area contributed by atoms with E-state index in [0.717, 1.165) is 27.6 Å². The fraction of sp³-hybridized carbons (Fsp3) is 0.226. The summed E-state index contributed by atoms with van der Waals surface area (Å²) in [5.74, 6) is -2.34. The van der Waals surface area contributed by atoms with Gasteiger partial charge in [-0.05, 0) is 29.2 Å². The molecule has 10 heteroatoms. The molecule has 0 saturated carbocycles. The number of H-pyrrole nitrogens is 1. The number of benzene rings is 3. The average molecular weight is 555 g/mol. The molecule has 0 bridgehead atoms. The Labute approximate surface area is 237 Å². The van der Waals surface area contributed by atoms with E-state index >= 15 is 0 Å². The number of nitrogens with two attached hydrogens (primary N) is 2. The molecule has 1 aromatic heterocycles. The van der Waals surface area contributed by atoms with Gasteiger partial charge in [0.1, 0.15) is 12.1 Å². The summed E-state index contributed by atoms with van der Waals surface area (Å²) in [6, 6.07) is 23.2. The predicted octanol–water partition coefficient (Wildman–Crippen LogP) is 1.09. The van der Waals surface area contributed by atoms with Crippen LogP contribution in [0.4, 0.5) is 0 Å². The third-order valence-electron chi connectivity index (χ3n) is 6.72. The van der Waals surface area contributed by atoms with Crippen molar-refractivity contribution in [2.75, 3.05) is 6.54 Å². The Hall–Kier alpha value is -4.96. The molecule has 0 spiro atoms. The summed E-state index contributed by atoms with van der Waals surface area (Å²) >= 11 is 0. The van der Waals surface area contributed by atoms with Gasteiger partial charge in [0.2, 0.25) is 23.6 Å². The molecule has 0 aliphatic rings. The van der Waals surface area contributed by atoms with Gasteiger partial charge in [0.05, 0.1) is 12.6 Å². The van der Waals surface area contributed by atoms with Crippen molar-refractivity contribution in [2.24, 2.45) is 11.5 Å². The van der Waals surface area contributed by atoms with Gasteiger partial charge in [0, 0.05) is 29.9 Å². The third kappa shape index (κ3) is 8.26. The molecule has 4 amide bonds. The average Bonchev–Trinajstić information content (AvgIpc) is 3.38. The van der Waals surface area contributed by atoms with E-state index in [4.69, 9.17) is 11.5 Å². The number of carbonyl (C=O) groups excluding carboxylic acids is 4. The van der Waals surface area contributed by atoms with Crippen LogP contribution in [0.1, 0.15) is 16.7 Å². The van der Waals surface area contributed by atoms with Crippen LogP contribution < -0.4 is 27.4 Å². The number of nitrogens with one attached hydrogen (secondary N) is 4. The molecule has 0 unspecified atom stereocenters. The second-order valence-electron chi connectivity index (χ2n) is 9.86. The van der Waals surface area contributed by atoms with Gasteiger partial charge in [0.25, 0.3) is 0 Å². The first kappa shape index (κ1) is 29.0. The summed E-state index contributed by atoms with van der Waals surface area (Å²) in [4.78, 5) is 54.4. The van der Waals surface area contributed by atoms with Crippen LogP contribution in [0.3, 0.4) is 0 Å². The number of carbonyl (C=O) groups is 4. The van der Waals surface area contributed by atoms with E-state index in [1.165, 1.54) is 0 Å². The van der Waals surface area contributed by atoms with E-state index in [2.05, 4.69) is 20.9 Å². The first-order valence-corrected chi connectivity index (χ1v) is 13.4. The van der Waals surface area contributed by atoms with Crippen molar-refractivity contribution in [1.82, 2.24) is 20.9 Å². The van der Waals surface area contributed by atoms with Crippen molar-refractivity contribution < 1.29 is 19.2 Å². The molecule has 3 aromatic carbocycles. The van der Waals surface area contributed by atoms with E-state index in [1.54, 1.807) is 6.20 Å². The Morgan fingerprint density at radius 3 is 1.90 bits per heavy atom. The van der Waals surface area contributed by atoms with E-state index in [9.17, 15) is 19.2 Å². The minimum Gasteiger partial charge on any atom is -0.368 e. The highest BCUT2D eigenvalue weighted by molar-refractivity contribution is 5.95. The second kappa shape index (κ2) is 13.9. The summed E-state index contributed by atoms with van der Waals surface area (Å²) < 4.78 is 0. The summed E-state index contributed by atoms with van der Waals surface area (Å²) in [6.45, 7) is -0.371. The zero-order valence-corrected chi connectivity index (χ0v) is 22.5. The van der Waals surface area contributed by atoms with Gasteiger partial charge in [-0.3, -0.25) is 19.2 Å². The monoisotopic (exact) mass is 554 g/mol. The number of hydrogen-bond donors (Lipinski definition) is 6. The summed E-state index contributed by atoms with van der Waals surface area (Å²) in [6.07, 6.45) is 2.40. The van der Waals surface area contributed by atoms with Gasteiger partial charge in [-0.25, -0.2) is 0 Å². The Bertz CT molecular complexity index is 1490. The first-order valence-electron chi connectivity index (χ1n) is 13.4. The number of para-hydroxylation sites is 1. The first-order chi connectivity index (χ1) is 19.8. The van der Waals surface area contributed by atoms with Crippen molar-refractivity contribution >= 4 is 34.5 Å². The molecule has 41 heavy (non-hydrogen) atoms. The Kier molecular flexibility index (Phi) is 9.85. The quantitative estimate of drug-likeness (QED) is 0.145. The van der Waals surface area contributed by atoms with Gasteiger partial charge in [0.15, 0.2) is 0 Å². The largest absolute Gasteiger partial charge is 0.368 e. The molecular formula is C31H34N6O4. The van der Waals surface area contributed by atoms with Gasteiger partial charge in [-0.2, -0.15) is 0 Å². The lowest BCUT2D eigenvalue weighted by Crippen LogP contribution is -2.57. The summed E-state index contributed by atoms with van der Waals surface area (Å²) in [5, 5.41) is 8.95. The minimum atomic E-state index is -1.04. The fourth-order valence-corrected chi connectivity index (χ4v) is 4.60. The maximum Gasteiger partial charge on any atom is 0.243 e. The van der Waals surface area contributed by atoms with Crippen LogP contribution in [0, 0.1) is 0 Å². The lowest BCUT2D eigenvalue weighted by molar-refractivity contribution is -0.132. The van der Waals surface area contributed by atoms with Crippen LogP contribution in [0.25, 0.3) is 10.9 Å². The number of amides is 4. The van der Waals surface area contributed by atoms with E-state index in [-0.39, 0.29) is 19.4 Å². The third-order valence-corrected chi connectivity index (χ3v) is 6.72. The molecule has 0 saturated heterocycles. The summed E-state index contributed by atoms with van der Waals surface area (Å²) in [7, 11) is 0. The minimum absolute atomic E-state index is 0.153. The highest BCUT2D eigenvalue weighted by atomic mass is 16.2. The molecule has 212 valence electrons. The summed E-state index contributed by atoms with van der Waals surface area (Å²) in [5.41, 5.74) is 14.8. The molecule has 0 fully saturated rings. The topological polar surface area (TPSA) is 172 Å².